The van der Waals surface area contributed by atoms with Gasteiger partial charge in [0.15, 0.2) is 0 Å². The van der Waals surface area contributed by atoms with E-state index < -0.39 is 0 Å². The van der Waals surface area contributed by atoms with E-state index in [2.05, 4.69) is 17.6 Å². The van der Waals surface area contributed by atoms with Crippen molar-refractivity contribution >= 4 is 17.5 Å². The van der Waals surface area contributed by atoms with E-state index >= 15 is 0 Å². The molecular weight excluding hydrogens is 292 g/mol. The van der Waals surface area contributed by atoms with Gasteiger partial charge in [0, 0.05) is 19.6 Å². The summed E-state index contributed by atoms with van der Waals surface area (Å²) in [4.78, 5) is 24.3. The Labute approximate surface area is 137 Å². The molecule has 0 aliphatic carbocycles. The number of carbonyl (C=O) groups excluding carboxylic acids is 2. The van der Waals surface area contributed by atoms with Crippen LogP contribution in [0.15, 0.2) is 24.3 Å². The van der Waals surface area contributed by atoms with Gasteiger partial charge in [0.2, 0.25) is 5.91 Å². The zero-order valence-corrected chi connectivity index (χ0v) is 13.8. The molecule has 5 nitrogen and oxygen atoms in total. The average molecular weight is 318 g/mol. The highest BCUT2D eigenvalue weighted by molar-refractivity contribution is 6.03. The Morgan fingerprint density at radius 2 is 2.09 bits per heavy atom. The van der Waals surface area contributed by atoms with Crippen molar-refractivity contribution in [2.24, 2.45) is 0 Å². The van der Waals surface area contributed by atoms with Crippen molar-refractivity contribution in [1.82, 2.24) is 5.32 Å². The minimum absolute atomic E-state index is 0.0437. The molecule has 1 heterocycles. The minimum Gasteiger partial charge on any atom is -0.376 e. The van der Waals surface area contributed by atoms with Gasteiger partial charge in [-0.2, -0.15) is 0 Å². The molecule has 0 saturated carbocycles. The molecule has 1 aromatic carbocycles. The van der Waals surface area contributed by atoms with Gasteiger partial charge < -0.3 is 15.4 Å². The first kappa shape index (κ1) is 17.5. The van der Waals surface area contributed by atoms with Crippen LogP contribution in [-0.2, 0) is 9.53 Å². The Balaban J connectivity index is 1.90. The van der Waals surface area contributed by atoms with Crippen LogP contribution in [0.2, 0.25) is 0 Å². The molecule has 23 heavy (non-hydrogen) atoms. The highest BCUT2D eigenvalue weighted by Crippen LogP contribution is 2.16. The van der Waals surface area contributed by atoms with E-state index in [-0.39, 0.29) is 17.9 Å². The van der Waals surface area contributed by atoms with Crippen LogP contribution in [-0.4, -0.2) is 31.1 Å². The summed E-state index contributed by atoms with van der Waals surface area (Å²) in [6.07, 6.45) is 5.61. The first-order valence-corrected chi connectivity index (χ1v) is 8.49. The van der Waals surface area contributed by atoms with Gasteiger partial charge >= 0.3 is 0 Å². The summed E-state index contributed by atoms with van der Waals surface area (Å²) in [6.45, 7) is 3.38. The first-order chi connectivity index (χ1) is 11.2. The van der Waals surface area contributed by atoms with E-state index in [1.54, 1.807) is 18.2 Å². The average Bonchev–Trinajstić information content (AvgIpc) is 3.07. The zero-order chi connectivity index (χ0) is 16.5. The number of nitrogens with one attached hydrogen (secondary N) is 2. The van der Waals surface area contributed by atoms with Gasteiger partial charge in [-0.3, -0.25) is 9.59 Å². The van der Waals surface area contributed by atoms with Crippen LogP contribution in [0, 0.1) is 0 Å². The van der Waals surface area contributed by atoms with E-state index in [4.69, 9.17) is 4.74 Å². The van der Waals surface area contributed by atoms with Crippen LogP contribution < -0.4 is 10.6 Å². The lowest BCUT2D eigenvalue weighted by Gasteiger charge is -2.13. The third kappa shape index (κ3) is 5.67. The quantitative estimate of drug-likeness (QED) is 0.724. The highest BCUT2D eigenvalue weighted by atomic mass is 16.5. The number of ether oxygens (including phenoxy) is 1. The maximum atomic E-state index is 12.3. The molecule has 0 spiro atoms. The maximum Gasteiger partial charge on any atom is 0.253 e. The van der Waals surface area contributed by atoms with Gasteiger partial charge in [-0.25, -0.2) is 0 Å². The number of benzene rings is 1. The fraction of sp³-hybridized carbons (Fsp3) is 0.556. The number of unbranched alkanes of at least 4 members (excludes halogenated alkanes) is 2. The fourth-order valence-electron chi connectivity index (χ4n) is 2.65. The number of hydrogen-bond acceptors (Lipinski definition) is 3. The lowest BCUT2D eigenvalue weighted by molar-refractivity contribution is -0.116. The Kier molecular flexibility index (Phi) is 7.07. The molecule has 2 amide bonds. The summed E-state index contributed by atoms with van der Waals surface area (Å²) >= 11 is 0. The largest absolute Gasteiger partial charge is 0.376 e. The molecule has 0 bridgehead atoms. The van der Waals surface area contributed by atoms with Crippen LogP contribution in [0.25, 0.3) is 0 Å². The van der Waals surface area contributed by atoms with Gasteiger partial charge in [0.1, 0.15) is 0 Å². The number of para-hydroxylation sites is 1. The molecule has 2 N–H and O–H groups in total. The van der Waals surface area contributed by atoms with E-state index in [1.807, 2.05) is 6.07 Å². The molecular formula is C18H26N2O3. The molecule has 0 radical (unpaired) electrons. The molecule has 1 atom stereocenters. The van der Waals surface area contributed by atoms with Gasteiger partial charge in [-0.15, -0.1) is 0 Å². The highest BCUT2D eigenvalue weighted by Gasteiger charge is 2.18. The predicted octanol–water partition coefficient (Wildman–Crippen LogP) is 3.11. The SMILES string of the molecule is CCCCCC(=O)Nc1ccccc1C(=O)NC[C@@H]1CCCO1. The molecule has 1 saturated heterocycles. The smallest absolute Gasteiger partial charge is 0.253 e. The number of amides is 2. The second kappa shape index (κ2) is 9.30. The lowest BCUT2D eigenvalue weighted by atomic mass is 10.1. The van der Waals surface area contributed by atoms with Crippen LogP contribution in [0.1, 0.15) is 55.8 Å². The van der Waals surface area contributed by atoms with Crippen molar-refractivity contribution in [2.75, 3.05) is 18.5 Å². The van der Waals surface area contributed by atoms with E-state index in [1.165, 1.54) is 0 Å². The third-order valence-electron chi connectivity index (χ3n) is 3.97. The molecule has 1 aliphatic heterocycles. The number of anilines is 1. The number of carbonyl (C=O) groups is 2. The molecule has 126 valence electrons. The van der Waals surface area contributed by atoms with Crippen molar-refractivity contribution in [3.63, 3.8) is 0 Å². The van der Waals surface area contributed by atoms with Gasteiger partial charge in [-0.05, 0) is 31.4 Å². The summed E-state index contributed by atoms with van der Waals surface area (Å²) in [5.74, 6) is -0.220. The summed E-state index contributed by atoms with van der Waals surface area (Å²) in [6, 6.07) is 7.11. The monoisotopic (exact) mass is 318 g/mol. The maximum absolute atomic E-state index is 12.3. The van der Waals surface area contributed by atoms with Crippen LogP contribution >= 0.6 is 0 Å². The van der Waals surface area contributed by atoms with E-state index in [0.29, 0.717) is 24.2 Å². The summed E-state index contributed by atoms with van der Waals surface area (Å²) in [7, 11) is 0. The molecule has 0 unspecified atom stereocenters. The number of rotatable bonds is 8. The molecule has 1 aliphatic rings. The van der Waals surface area contributed by atoms with Crippen molar-refractivity contribution < 1.29 is 14.3 Å². The number of hydrogen-bond donors (Lipinski definition) is 2. The lowest BCUT2D eigenvalue weighted by Crippen LogP contribution is -2.32. The molecule has 1 fully saturated rings. The van der Waals surface area contributed by atoms with Crippen molar-refractivity contribution in [1.29, 1.82) is 0 Å². The summed E-state index contributed by atoms with van der Waals surface area (Å²) < 4.78 is 5.50. The van der Waals surface area contributed by atoms with Gasteiger partial charge in [0.25, 0.3) is 5.91 Å². The van der Waals surface area contributed by atoms with Crippen molar-refractivity contribution in [3.8, 4) is 0 Å². The molecule has 0 aromatic heterocycles. The van der Waals surface area contributed by atoms with Gasteiger partial charge in [0.05, 0.1) is 17.4 Å². The topological polar surface area (TPSA) is 67.4 Å². The van der Waals surface area contributed by atoms with Crippen LogP contribution in [0.5, 0.6) is 0 Å². The fourth-order valence-corrected chi connectivity index (χ4v) is 2.65. The molecule has 1 aromatic rings. The van der Waals surface area contributed by atoms with Crippen LogP contribution in [0.3, 0.4) is 0 Å². The van der Waals surface area contributed by atoms with Crippen molar-refractivity contribution in [2.45, 2.75) is 51.6 Å². The Hall–Kier alpha value is -1.88. The molecule has 2 rings (SSSR count). The second-order valence-corrected chi connectivity index (χ2v) is 5.90. The summed E-state index contributed by atoms with van der Waals surface area (Å²) in [5, 5.41) is 5.74. The van der Waals surface area contributed by atoms with Crippen molar-refractivity contribution in [3.05, 3.63) is 29.8 Å². The predicted molar refractivity (Wildman–Crippen MR) is 90.5 cm³/mol. The Morgan fingerprint density at radius 3 is 2.83 bits per heavy atom. The zero-order valence-electron chi connectivity index (χ0n) is 13.8. The summed E-state index contributed by atoms with van der Waals surface area (Å²) in [5.41, 5.74) is 1.06. The standard InChI is InChI=1S/C18H26N2O3/c1-2-3-4-11-17(21)20-16-10-6-5-9-15(16)18(22)19-13-14-8-7-12-23-14/h5-6,9-10,14H,2-4,7-8,11-13H2,1H3,(H,19,22)(H,20,21)/t14-/m0/s1. The Morgan fingerprint density at radius 1 is 1.26 bits per heavy atom. The van der Waals surface area contributed by atoms with E-state index in [9.17, 15) is 9.59 Å². The minimum atomic E-state index is -0.176. The second-order valence-electron chi connectivity index (χ2n) is 5.90. The molecule has 5 heteroatoms. The van der Waals surface area contributed by atoms with Crippen LogP contribution in [0.4, 0.5) is 5.69 Å². The first-order valence-electron chi connectivity index (χ1n) is 8.49. The third-order valence-corrected chi connectivity index (χ3v) is 3.97. The normalized spacial score (nSPS) is 17.0. The van der Waals surface area contributed by atoms with E-state index in [0.717, 1.165) is 38.7 Å². The Bertz CT molecular complexity index is 525. The van der Waals surface area contributed by atoms with Gasteiger partial charge in [-0.1, -0.05) is 31.9 Å².